The van der Waals surface area contributed by atoms with E-state index in [2.05, 4.69) is 16.0 Å². The average Bonchev–Trinajstić information content (AvgIpc) is 2.69. The minimum Gasteiger partial charge on any atom is -0.356 e. The zero-order valence-corrected chi connectivity index (χ0v) is 19.2. The Hall–Kier alpha value is -1.92. The van der Waals surface area contributed by atoms with Crippen LogP contribution in [0.4, 0.5) is 0 Å². The first-order valence-electron chi connectivity index (χ1n) is 11.6. The first kappa shape index (κ1) is 26.1. The van der Waals surface area contributed by atoms with Crippen LogP contribution in [0.5, 0.6) is 0 Å². The Morgan fingerprint density at radius 1 is 0.767 bits per heavy atom. The lowest BCUT2D eigenvalue weighted by molar-refractivity contribution is -0.127. The smallest absolute Gasteiger partial charge is 0.220 e. The van der Waals surface area contributed by atoms with Crippen molar-refractivity contribution in [2.75, 3.05) is 13.1 Å². The summed E-state index contributed by atoms with van der Waals surface area (Å²) in [5.74, 6) is 0.882. The van der Waals surface area contributed by atoms with Crippen LogP contribution in [-0.2, 0) is 19.2 Å². The van der Waals surface area contributed by atoms with Gasteiger partial charge in [-0.3, -0.25) is 19.2 Å². The van der Waals surface area contributed by atoms with Gasteiger partial charge in [0.1, 0.15) is 5.78 Å². The standard InChI is InChI=1S/C23H41N3O4/c1-16(2)15-25-21(28)9-6-14-24-20(27)7-5-8-22(29)26-19-12-10-18(11-13-19)23(30)17(3)4/h16-19H,5-15H2,1-4H3,(H,24,27)(H,25,28)(H,26,29). The Labute approximate surface area is 181 Å². The second-order valence-electron chi connectivity index (χ2n) is 9.18. The van der Waals surface area contributed by atoms with Crippen molar-refractivity contribution in [3.63, 3.8) is 0 Å². The summed E-state index contributed by atoms with van der Waals surface area (Å²) in [6.07, 6.45) is 5.55. The van der Waals surface area contributed by atoms with E-state index < -0.39 is 0 Å². The van der Waals surface area contributed by atoms with E-state index in [-0.39, 0.29) is 35.6 Å². The third-order valence-electron chi connectivity index (χ3n) is 5.48. The molecule has 1 rings (SSSR count). The third-order valence-corrected chi connectivity index (χ3v) is 5.48. The number of hydrogen-bond donors (Lipinski definition) is 3. The van der Waals surface area contributed by atoms with Crippen LogP contribution in [0.15, 0.2) is 0 Å². The topological polar surface area (TPSA) is 104 Å². The molecule has 1 fully saturated rings. The van der Waals surface area contributed by atoms with E-state index >= 15 is 0 Å². The first-order valence-corrected chi connectivity index (χ1v) is 11.6. The Morgan fingerprint density at radius 2 is 1.33 bits per heavy atom. The lowest BCUT2D eigenvalue weighted by Gasteiger charge is -2.29. The van der Waals surface area contributed by atoms with Gasteiger partial charge in [-0.2, -0.15) is 0 Å². The van der Waals surface area contributed by atoms with Gasteiger partial charge in [0.15, 0.2) is 0 Å². The molecule has 7 heteroatoms. The van der Waals surface area contributed by atoms with E-state index in [4.69, 9.17) is 0 Å². The molecule has 3 N–H and O–H groups in total. The van der Waals surface area contributed by atoms with Gasteiger partial charge in [-0.05, 0) is 44.4 Å². The predicted octanol–water partition coefficient (Wildman–Crippen LogP) is 2.73. The number of nitrogens with one attached hydrogen (secondary N) is 3. The minimum absolute atomic E-state index is 0.0113. The van der Waals surface area contributed by atoms with Crippen LogP contribution in [0.25, 0.3) is 0 Å². The summed E-state index contributed by atoms with van der Waals surface area (Å²) >= 11 is 0. The van der Waals surface area contributed by atoms with E-state index in [1.54, 1.807) is 0 Å². The van der Waals surface area contributed by atoms with Crippen LogP contribution in [0.3, 0.4) is 0 Å². The largest absolute Gasteiger partial charge is 0.356 e. The number of ketones is 1. The summed E-state index contributed by atoms with van der Waals surface area (Å²) in [5, 5.41) is 8.69. The SMILES string of the molecule is CC(C)CNC(=O)CCCNC(=O)CCCC(=O)NC1CCC(C(=O)C(C)C)CC1. The molecule has 0 heterocycles. The predicted molar refractivity (Wildman–Crippen MR) is 118 cm³/mol. The number of hydrogen-bond acceptors (Lipinski definition) is 4. The molecule has 0 aromatic carbocycles. The van der Waals surface area contributed by atoms with E-state index in [0.29, 0.717) is 56.9 Å². The number of amides is 3. The van der Waals surface area contributed by atoms with Crippen LogP contribution in [0, 0.1) is 17.8 Å². The lowest BCUT2D eigenvalue weighted by Crippen LogP contribution is -2.39. The van der Waals surface area contributed by atoms with Crippen molar-refractivity contribution in [1.29, 1.82) is 0 Å². The number of Topliss-reactive ketones (excluding diaryl/α,β-unsaturated/α-hetero) is 1. The lowest BCUT2D eigenvalue weighted by atomic mass is 9.80. The monoisotopic (exact) mass is 423 g/mol. The quantitative estimate of drug-likeness (QED) is 0.396. The summed E-state index contributed by atoms with van der Waals surface area (Å²) in [6.45, 7) is 9.11. The van der Waals surface area contributed by atoms with Crippen molar-refractivity contribution < 1.29 is 19.2 Å². The van der Waals surface area contributed by atoms with Gasteiger partial charge in [0, 0.05) is 50.2 Å². The molecule has 0 atom stereocenters. The van der Waals surface area contributed by atoms with Crippen LogP contribution in [-0.4, -0.2) is 42.6 Å². The molecule has 0 aliphatic heterocycles. The fraction of sp³-hybridized carbons (Fsp3) is 0.826. The van der Waals surface area contributed by atoms with E-state index in [9.17, 15) is 19.2 Å². The fourth-order valence-corrected chi connectivity index (χ4v) is 3.67. The maximum absolute atomic E-state index is 12.1. The molecule has 1 aliphatic rings. The molecule has 0 radical (unpaired) electrons. The molecule has 0 aromatic heterocycles. The first-order chi connectivity index (χ1) is 14.2. The van der Waals surface area contributed by atoms with Crippen LogP contribution >= 0.6 is 0 Å². The highest BCUT2D eigenvalue weighted by Gasteiger charge is 2.28. The second kappa shape index (κ2) is 14.1. The summed E-state index contributed by atoms with van der Waals surface area (Å²) in [4.78, 5) is 47.6. The average molecular weight is 424 g/mol. The van der Waals surface area contributed by atoms with Gasteiger partial charge in [-0.1, -0.05) is 27.7 Å². The van der Waals surface area contributed by atoms with Crippen molar-refractivity contribution in [3.8, 4) is 0 Å². The molecule has 3 amide bonds. The van der Waals surface area contributed by atoms with Crippen molar-refractivity contribution in [2.45, 2.75) is 91.5 Å². The Morgan fingerprint density at radius 3 is 1.93 bits per heavy atom. The van der Waals surface area contributed by atoms with Crippen LogP contribution in [0.2, 0.25) is 0 Å². The van der Waals surface area contributed by atoms with Crippen molar-refractivity contribution in [1.82, 2.24) is 16.0 Å². The molecular formula is C23H41N3O4. The van der Waals surface area contributed by atoms with Crippen molar-refractivity contribution >= 4 is 23.5 Å². The summed E-state index contributed by atoms with van der Waals surface area (Å²) in [7, 11) is 0. The summed E-state index contributed by atoms with van der Waals surface area (Å²) < 4.78 is 0. The summed E-state index contributed by atoms with van der Waals surface area (Å²) in [5.41, 5.74) is 0. The maximum Gasteiger partial charge on any atom is 0.220 e. The van der Waals surface area contributed by atoms with Crippen LogP contribution < -0.4 is 16.0 Å². The van der Waals surface area contributed by atoms with E-state index in [0.717, 1.165) is 25.7 Å². The van der Waals surface area contributed by atoms with E-state index in [1.807, 2.05) is 27.7 Å². The number of carbonyl (C=O) groups excluding carboxylic acids is 4. The van der Waals surface area contributed by atoms with Crippen molar-refractivity contribution in [3.05, 3.63) is 0 Å². The Bertz CT molecular complexity index is 567. The zero-order chi connectivity index (χ0) is 22.5. The molecule has 0 spiro atoms. The van der Waals surface area contributed by atoms with Gasteiger partial charge >= 0.3 is 0 Å². The van der Waals surface area contributed by atoms with Gasteiger partial charge in [-0.15, -0.1) is 0 Å². The third kappa shape index (κ3) is 11.3. The highest BCUT2D eigenvalue weighted by atomic mass is 16.2. The zero-order valence-electron chi connectivity index (χ0n) is 19.2. The van der Waals surface area contributed by atoms with Gasteiger partial charge < -0.3 is 16.0 Å². The maximum atomic E-state index is 12.1. The molecule has 30 heavy (non-hydrogen) atoms. The molecule has 0 unspecified atom stereocenters. The van der Waals surface area contributed by atoms with Gasteiger partial charge in [0.25, 0.3) is 0 Å². The molecule has 7 nitrogen and oxygen atoms in total. The molecule has 0 bridgehead atoms. The van der Waals surface area contributed by atoms with Gasteiger partial charge in [-0.25, -0.2) is 0 Å². The van der Waals surface area contributed by atoms with Gasteiger partial charge in [0.2, 0.25) is 17.7 Å². The van der Waals surface area contributed by atoms with Crippen LogP contribution in [0.1, 0.15) is 85.5 Å². The number of rotatable bonds is 13. The molecule has 172 valence electrons. The Kier molecular flexibility index (Phi) is 12.3. The fourth-order valence-electron chi connectivity index (χ4n) is 3.67. The van der Waals surface area contributed by atoms with Crippen molar-refractivity contribution in [2.24, 2.45) is 17.8 Å². The highest BCUT2D eigenvalue weighted by molar-refractivity contribution is 5.83. The summed E-state index contributed by atoms with van der Waals surface area (Å²) in [6, 6.07) is 0.143. The molecular weight excluding hydrogens is 382 g/mol. The number of carbonyl (C=O) groups is 4. The molecule has 1 aliphatic carbocycles. The van der Waals surface area contributed by atoms with E-state index in [1.165, 1.54) is 0 Å². The Balaban J connectivity index is 2.06. The second-order valence-corrected chi connectivity index (χ2v) is 9.18. The highest BCUT2D eigenvalue weighted by Crippen LogP contribution is 2.27. The molecule has 1 saturated carbocycles. The minimum atomic E-state index is -0.0851. The van der Waals surface area contributed by atoms with Gasteiger partial charge in [0.05, 0.1) is 0 Å². The molecule has 0 saturated heterocycles. The molecule has 0 aromatic rings. The normalized spacial score (nSPS) is 18.9.